The van der Waals surface area contributed by atoms with Gasteiger partial charge in [0.25, 0.3) is 5.56 Å². The zero-order valence-corrected chi connectivity index (χ0v) is 18.2. The van der Waals surface area contributed by atoms with Crippen LogP contribution in [-0.4, -0.2) is 20.3 Å². The number of amides is 1. The Hall–Kier alpha value is -2.32. The van der Waals surface area contributed by atoms with E-state index in [1.807, 2.05) is 6.07 Å². The number of hydrogen-bond donors (Lipinski definition) is 2. The molecule has 0 aliphatic carbocycles. The molecule has 0 atom stereocenters. The summed E-state index contributed by atoms with van der Waals surface area (Å²) in [5, 5.41) is 8.21. The van der Waals surface area contributed by atoms with Crippen molar-refractivity contribution < 1.29 is 4.79 Å². The second-order valence-corrected chi connectivity index (χ2v) is 7.91. The molecule has 0 unspecified atom stereocenters. The molecule has 0 saturated heterocycles. The molecule has 0 aliphatic heterocycles. The maximum absolute atomic E-state index is 12.8. The number of aryl methyl sites for hydroxylation is 2. The third-order valence-corrected chi connectivity index (χ3v) is 5.37. The molecule has 158 valence electrons. The van der Waals surface area contributed by atoms with Crippen LogP contribution in [0, 0.1) is 0 Å². The second kappa shape index (κ2) is 10.1. The number of aromatic nitrogens is 3. The van der Waals surface area contributed by atoms with Crippen molar-refractivity contribution in [2.24, 2.45) is 5.73 Å². The molecule has 3 aromatic rings. The molecule has 30 heavy (non-hydrogen) atoms. The number of hydrogen-bond acceptors (Lipinski definition) is 4. The topological polar surface area (TPSA) is 94.9 Å². The lowest BCUT2D eigenvalue weighted by Gasteiger charge is -2.12. The van der Waals surface area contributed by atoms with Gasteiger partial charge in [-0.05, 0) is 29.3 Å². The number of nitrogens with two attached hydrogens (primary N) is 1. The Morgan fingerprint density at radius 1 is 1.10 bits per heavy atom. The molecule has 3 N–H and O–H groups in total. The van der Waals surface area contributed by atoms with Gasteiger partial charge in [0.15, 0.2) is 0 Å². The van der Waals surface area contributed by atoms with Crippen molar-refractivity contribution >= 4 is 40.7 Å². The summed E-state index contributed by atoms with van der Waals surface area (Å²) in [6.07, 6.45) is 4.65. The molecule has 0 bridgehead atoms. The van der Waals surface area contributed by atoms with Gasteiger partial charge in [0, 0.05) is 42.6 Å². The monoisotopic (exact) mass is 467 g/mol. The predicted octanol–water partition coefficient (Wildman–Crippen LogP) is 3.02. The van der Waals surface area contributed by atoms with Crippen molar-refractivity contribution in [1.82, 2.24) is 19.7 Å². The van der Waals surface area contributed by atoms with Gasteiger partial charge in [-0.1, -0.05) is 40.9 Å². The molecule has 2 aromatic heterocycles. The number of rotatable bonds is 8. The molecule has 0 spiro atoms. The van der Waals surface area contributed by atoms with E-state index in [0.717, 1.165) is 11.1 Å². The van der Waals surface area contributed by atoms with Crippen LogP contribution in [0.2, 0.25) is 15.1 Å². The molecule has 1 aromatic carbocycles. The van der Waals surface area contributed by atoms with Crippen molar-refractivity contribution in [3.63, 3.8) is 0 Å². The average Bonchev–Trinajstić information content (AvgIpc) is 3.14. The zero-order chi connectivity index (χ0) is 21.7. The van der Waals surface area contributed by atoms with E-state index in [-0.39, 0.29) is 35.0 Å². The Kier molecular flexibility index (Phi) is 7.55. The van der Waals surface area contributed by atoms with E-state index < -0.39 is 0 Å². The molecular formula is C20H20Cl3N5O2. The minimum atomic E-state index is -0.325. The lowest BCUT2D eigenvalue weighted by Crippen LogP contribution is -2.31. The van der Waals surface area contributed by atoms with Gasteiger partial charge in [0.1, 0.15) is 0 Å². The highest BCUT2D eigenvalue weighted by Gasteiger charge is 2.14. The van der Waals surface area contributed by atoms with Gasteiger partial charge in [-0.2, -0.15) is 5.10 Å². The minimum absolute atomic E-state index is 0.134. The van der Waals surface area contributed by atoms with Gasteiger partial charge < -0.3 is 15.6 Å². The van der Waals surface area contributed by atoms with Crippen LogP contribution in [0.15, 0.2) is 47.7 Å². The maximum Gasteiger partial charge on any atom is 0.255 e. The Morgan fingerprint density at radius 2 is 1.90 bits per heavy atom. The van der Waals surface area contributed by atoms with Crippen LogP contribution >= 0.6 is 34.8 Å². The molecule has 0 fully saturated rings. The van der Waals surface area contributed by atoms with Crippen molar-refractivity contribution in [3.05, 3.63) is 85.0 Å². The Labute approximate surface area is 188 Å². The van der Waals surface area contributed by atoms with Crippen LogP contribution in [0.5, 0.6) is 0 Å². The quantitative estimate of drug-likeness (QED) is 0.531. The summed E-state index contributed by atoms with van der Waals surface area (Å²) in [6.45, 7) is 1.41. The zero-order valence-electron chi connectivity index (χ0n) is 15.9. The third-order valence-electron chi connectivity index (χ3n) is 4.58. The number of benzene rings is 1. The SMILES string of the molecule is NCc1ccc(Cl)cc1CNC(=O)Cc1c(Cl)ccn(CCn2cc(Cl)cn2)c1=O. The summed E-state index contributed by atoms with van der Waals surface area (Å²) in [5.41, 5.74) is 7.36. The largest absolute Gasteiger partial charge is 0.352 e. The lowest BCUT2D eigenvalue weighted by atomic mass is 10.1. The lowest BCUT2D eigenvalue weighted by molar-refractivity contribution is -0.120. The standard InChI is InChI=1S/C20H20Cl3N5O2/c21-15-2-1-13(9-24)14(7-15)10-25-19(29)8-17-18(23)3-4-27(20(17)30)5-6-28-12-16(22)11-26-28/h1-4,7,11-12H,5-6,8-10,24H2,(H,25,29). The van der Waals surface area contributed by atoms with Crippen molar-refractivity contribution in [1.29, 1.82) is 0 Å². The fraction of sp³-hybridized carbons (Fsp3) is 0.250. The fourth-order valence-corrected chi connectivity index (χ4v) is 3.54. The van der Waals surface area contributed by atoms with Crippen LogP contribution in [0.4, 0.5) is 0 Å². The highest BCUT2D eigenvalue weighted by atomic mass is 35.5. The van der Waals surface area contributed by atoms with Crippen LogP contribution in [0.25, 0.3) is 0 Å². The van der Waals surface area contributed by atoms with Gasteiger partial charge in [-0.25, -0.2) is 0 Å². The van der Waals surface area contributed by atoms with Crippen molar-refractivity contribution in [2.45, 2.75) is 32.6 Å². The highest BCUT2D eigenvalue weighted by molar-refractivity contribution is 6.31. The van der Waals surface area contributed by atoms with Crippen LogP contribution in [0.3, 0.4) is 0 Å². The van der Waals surface area contributed by atoms with Gasteiger partial charge >= 0.3 is 0 Å². The van der Waals surface area contributed by atoms with E-state index in [1.165, 1.54) is 10.8 Å². The molecule has 0 aliphatic rings. The number of pyridine rings is 1. The Morgan fingerprint density at radius 3 is 2.60 bits per heavy atom. The van der Waals surface area contributed by atoms with Crippen LogP contribution in [0.1, 0.15) is 16.7 Å². The fourth-order valence-electron chi connectivity index (χ4n) is 2.98. The summed E-state index contributed by atoms with van der Waals surface area (Å²) in [5.74, 6) is -0.325. The molecule has 0 radical (unpaired) electrons. The molecule has 0 saturated carbocycles. The van der Waals surface area contributed by atoms with E-state index in [0.29, 0.717) is 29.7 Å². The Balaban J connectivity index is 1.67. The second-order valence-electron chi connectivity index (χ2n) is 6.63. The minimum Gasteiger partial charge on any atom is -0.352 e. The summed E-state index contributed by atoms with van der Waals surface area (Å²) in [4.78, 5) is 25.2. The number of carbonyl (C=O) groups is 1. The first-order valence-electron chi connectivity index (χ1n) is 9.17. The summed E-state index contributed by atoms with van der Waals surface area (Å²) < 4.78 is 3.13. The number of carbonyl (C=O) groups excluding carboxylic acids is 1. The average molecular weight is 469 g/mol. The van der Waals surface area contributed by atoms with E-state index in [2.05, 4.69) is 10.4 Å². The number of nitrogens with zero attached hydrogens (tertiary/aromatic N) is 3. The molecule has 10 heteroatoms. The van der Waals surface area contributed by atoms with Gasteiger partial charge in [0.2, 0.25) is 5.91 Å². The van der Waals surface area contributed by atoms with Crippen LogP contribution < -0.4 is 16.6 Å². The summed E-state index contributed by atoms with van der Waals surface area (Å²) in [6, 6.07) is 6.93. The number of halogens is 3. The van der Waals surface area contributed by atoms with E-state index in [4.69, 9.17) is 40.5 Å². The van der Waals surface area contributed by atoms with Crippen molar-refractivity contribution in [3.8, 4) is 0 Å². The van der Waals surface area contributed by atoms with Gasteiger partial charge in [0.05, 0.1) is 29.2 Å². The highest BCUT2D eigenvalue weighted by Crippen LogP contribution is 2.16. The number of nitrogens with one attached hydrogen (secondary N) is 1. The summed E-state index contributed by atoms with van der Waals surface area (Å²) in [7, 11) is 0. The first kappa shape index (κ1) is 22.4. The smallest absolute Gasteiger partial charge is 0.255 e. The first-order valence-corrected chi connectivity index (χ1v) is 10.3. The molecular weight excluding hydrogens is 449 g/mol. The first-order chi connectivity index (χ1) is 14.4. The van der Waals surface area contributed by atoms with E-state index in [1.54, 1.807) is 35.3 Å². The summed E-state index contributed by atoms with van der Waals surface area (Å²) >= 11 is 18.1. The molecule has 2 heterocycles. The third kappa shape index (κ3) is 5.64. The molecule has 1 amide bonds. The maximum atomic E-state index is 12.8. The molecule has 7 nitrogen and oxygen atoms in total. The Bertz CT molecular complexity index is 1110. The predicted molar refractivity (Wildman–Crippen MR) is 118 cm³/mol. The van der Waals surface area contributed by atoms with Gasteiger partial charge in [-0.15, -0.1) is 0 Å². The van der Waals surface area contributed by atoms with E-state index in [9.17, 15) is 9.59 Å². The normalized spacial score (nSPS) is 10.9. The van der Waals surface area contributed by atoms with Crippen LogP contribution in [-0.2, 0) is 37.4 Å². The van der Waals surface area contributed by atoms with Crippen molar-refractivity contribution in [2.75, 3.05) is 0 Å². The van der Waals surface area contributed by atoms with E-state index >= 15 is 0 Å². The van der Waals surface area contributed by atoms with Gasteiger partial charge in [-0.3, -0.25) is 14.3 Å². The molecule has 3 rings (SSSR count).